The Kier molecular flexibility index (Phi) is 8.95. The first-order chi connectivity index (χ1) is 10.6. The second kappa shape index (κ2) is 10.4. The molecule has 130 valence electrons. The normalized spacial score (nSPS) is 16.3. The lowest BCUT2D eigenvalue weighted by Gasteiger charge is -2.22. The lowest BCUT2D eigenvalue weighted by molar-refractivity contribution is -0.122. The maximum absolute atomic E-state index is 13.0. The van der Waals surface area contributed by atoms with E-state index in [0.29, 0.717) is 24.7 Å². The van der Waals surface area contributed by atoms with Crippen LogP contribution in [0.1, 0.15) is 32.6 Å². The molecule has 0 radical (unpaired) electrons. The molecule has 1 unspecified atom stereocenters. The summed E-state index contributed by atoms with van der Waals surface area (Å²) in [6, 6.07) is 5.93. The van der Waals surface area contributed by atoms with Gasteiger partial charge in [-0.05, 0) is 57.3 Å². The first-order valence-corrected chi connectivity index (χ1v) is 8.02. The highest BCUT2D eigenvalue weighted by Crippen LogP contribution is 2.17. The van der Waals surface area contributed by atoms with Crippen molar-refractivity contribution in [2.24, 2.45) is 5.92 Å². The Balaban J connectivity index is 0.00000264. The topological polar surface area (TPSA) is 50.4 Å². The molecule has 1 aliphatic heterocycles. The molecule has 1 aromatic carbocycles. The second-order valence-corrected chi connectivity index (χ2v) is 5.97. The molecule has 0 aromatic heterocycles. The van der Waals surface area contributed by atoms with Crippen LogP contribution in [-0.2, 0) is 4.79 Å². The lowest BCUT2D eigenvalue weighted by atomic mass is 9.93. The molecule has 0 aliphatic carbocycles. The van der Waals surface area contributed by atoms with Crippen molar-refractivity contribution in [3.63, 3.8) is 0 Å². The summed E-state index contributed by atoms with van der Waals surface area (Å²) in [7, 11) is 0. The molecule has 0 bridgehead atoms. The summed E-state index contributed by atoms with van der Waals surface area (Å²) in [5, 5.41) is 6.26. The third-order valence-corrected chi connectivity index (χ3v) is 3.94. The van der Waals surface area contributed by atoms with Crippen LogP contribution in [0.4, 0.5) is 4.39 Å². The van der Waals surface area contributed by atoms with Gasteiger partial charge < -0.3 is 15.4 Å². The number of rotatable bonds is 7. The van der Waals surface area contributed by atoms with Crippen LogP contribution < -0.4 is 15.4 Å². The van der Waals surface area contributed by atoms with Gasteiger partial charge in [0.1, 0.15) is 18.2 Å². The van der Waals surface area contributed by atoms with Gasteiger partial charge in [-0.15, -0.1) is 12.4 Å². The number of hydrogen-bond acceptors (Lipinski definition) is 3. The quantitative estimate of drug-likeness (QED) is 0.799. The van der Waals surface area contributed by atoms with Crippen molar-refractivity contribution in [2.45, 2.75) is 38.6 Å². The maximum Gasteiger partial charge on any atom is 0.220 e. The monoisotopic (exact) mass is 344 g/mol. The van der Waals surface area contributed by atoms with Crippen molar-refractivity contribution in [3.8, 4) is 5.75 Å². The molecule has 1 aromatic rings. The molecule has 1 atom stereocenters. The van der Waals surface area contributed by atoms with E-state index in [4.69, 9.17) is 4.74 Å². The van der Waals surface area contributed by atoms with Gasteiger partial charge >= 0.3 is 0 Å². The summed E-state index contributed by atoms with van der Waals surface area (Å²) >= 11 is 0. The van der Waals surface area contributed by atoms with E-state index in [0.717, 1.165) is 32.4 Å². The minimum atomic E-state index is -0.323. The molecule has 0 spiro atoms. The van der Waals surface area contributed by atoms with Crippen LogP contribution in [0, 0.1) is 11.7 Å². The van der Waals surface area contributed by atoms with Crippen molar-refractivity contribution in [3.05, 3.63) is 30.1 Å². The van der Waals surface area contributed by atoms with Crippen LogP contribution in [0.15, 0.2) is 24.3 Å². The first-order valence-electron chi connectivity index (χ1n) is 8.02. The van der Waals surface area contributed by atoms with Crippen LogP contribution >= 0.6 is 12.4 Å². The van der Waals surface area contributed by atoms with E-state index in [2.05, 4.69) is 10.6 Å². The van der Waals surface area contributed by atoms with Gasteiger partial charge in [-0.2, -0.15) is 0 Å². The molecule has 1 amide bonds. The Labute approximate surface area is 143 Å². The molecule has 4 nitrogen and oxygen atoms in total. The average Bonchev–Trinajstić information content (AvgIpc) is 2.52. The fourth-order valence-corrected chi connectivity index (χ4v) is 2.67. The number of benzene rings is 1. The Morgan fingerprint density at radius 1 is 1.43 bits per heavy atom. The van der Waals surface area contributed by atoms with E-state index < -0.39 is 0 Å². The number of ether oxygens (including phenoxy) is 1. The fraction of sp³-hybridized carbons (Fsp3) is 0.588. The number of carbonyl (C=O) groups is 1. The van der Waals surface area contributed by atoms with Gasteiger partial charge in [0.05, 0.1) is 6.04 Å². The molecular formula is C17H26ClFN2O2. The van der Waals surface area contributed by atoms with Crippen molar-refractivity contribution >= 4 is 18.3 Å². The van der Waals surface area contributed by atoms with Gasteiger partial charge in [-0.25, -0.2) is 4.39 Å². The van der Waals surface area contributed by atoms with E-state index >= 15 is 0 Å². The molecule has 1 heterocycles. The van der Waals surface area contributed by atoms with Crippen molar-refractivity contribution in [1.29, 1.82) is 0 Å². The van der Waals surface area contributed by atoms with E-state index in [1.165, 1.54) is 12.1 Å². The first kappa shape index (κ1) is 19.7. The van der Waals surface area contributed by atoms with Crippen molar-refractivity contribution in [2.75, 3.05) is 19.7 Å². The van der Waals surface area contributed by atoms with E-state index in [-0.39, 0.29) is 30.2 Å². The summed E-state index contributed by atoms with van der Waals surface area (Å²) in [6.07, 6.45) is 3.83. The third kappa shape index (κ3) is 7.66. The van der Waals surface area contributed by atoms with Crippen LogP contribution in [0.2, 0.25) is 0 Å². The summed E-state index contributed by atoms with van der Waals surface area (Å²) in [5.41, 5.74) is 0. The highest BCUT2D eigenvalue weighted by molar-refractivity contribution is 5.85. The van der Waals surface area contributed by atoms with E-state index in [9.17, 15) is 9.18 Å². The predicted molar refractivity (Wildman–Crippen MR) is 91.6 cm³/mol. The van der Waals surface area contributed by atoms with Crippen LogP contribution in [-0.4, -0.2) is 31.6 Å². The van der Waals surface area contributed by atoms with Crippen LogP contribution in [0.25, 0.3) is 0 Å². The molecule has 1 fully saturated rings. The zero-order chi connectivity index (χ0) is 15.8. The summed E-state index contributed by atoms with van der Waals surface area (Å²) < 4.78 is 18.5. The number of hydrogen-bond donors (Lipinski definition) is 2. The predicted octanol–water partition coefficient (Wildman–Crippen LogP) is 2.91. The fourth-order valence-electron chi connectivity index (χ4n) is 2.67. The summed E-state index contributed by atoms with van der Waals surface area (Å²) in [6.45, 7) is 4.35. The second-order valence-electron chi connectivity index (χ2n) is 5.97. The van der Waals surface area contributed by atoms with Gasteiger partial charge in [0.25, 0.3) is 0 Å². The molecule has 0 saturated carbocycles. The largest absolute Gasteiger partial charge is 0.491 e. The number of piperidine rings is 1. The Morgan fingerprint density at radius 2 is 2.17 bits per heavy atom. The molecule has 1 aliphatic rings. The number of halogens is 2. The van der Waals surface area contributed by atoms with Crippen LogP contribution in [0.5, 0.6) is 5.75 Å². The minimum absolute atomic E-state index is 0. The minimum Gasteiger partial charge on any atom is -0.491 e. The average molecular weight is 345 g/mol. The van der Waals surface area contributed by atoms with E-state index in [1.807, 2.05) is 6.92 Å². The molecular weight excluding hydrogens is 319 g/mol. The van der Waals surface area contributed by atoms with Gasteiger partial charge in [-0.1, -0.05) is 6.07 Å². The number of amides is 1. The number of carbonyl (C=O) groups excluding carboxylic acids is 1. The molecule has 23 heavy (non-hydrogen) atoms. The van der Waals surface area contributed by atoms with E-state index in [1.54, 1.807) is 12.1 Å². The zero-order valence-corrected chi connectivity index (χ0v) is 14.3. The Hall–Kier alpha value is -1.33. The zero-order valence-electron chi connectivity index (χ0n) is 13.5. The highest BCUT2D eigenvalue weighted by Gasteiger charge is 2.15. The van der Waals surface area contributed by atoms with Gasteiger partial charge in [0, 0.05) is 12.5 Å². The van der Waals surface area contributed by atoms with Crippen molar-refractivity contribution in [1.82, 2.24) is 10.6 Å². The van der Waals surface area contributed by atoms with Crippen LogP contribution in [0.3, 0.4) is 0 Å². The number of nitrogens with one attached hydrogen (secondary N) is 2. The summed E-state index contributed by atoms with van der Waals surface area (Å²) in [4.78, 5) is 11.9. The smallest absolute Gasteiger partial charge is 0.220 e. The highest BCUT2D eigenvalue weighted by atomic mass is 35.5. The summed E-state index contributed by atoms with van der Waals surface area (Å²) in [5.74, 6) is 0.881. The Bertz CT molecular complexity index is 481. The van der Waals surface area contributed by atoms with Crippen molar-refractivity contribution < 1.29 is 13.9 Å². The SMILES string of the molecule is CC(COc1cccc(F)c1)NC(=O)CCC1CCNCC1.Cl. The molecule has 1 saturated heterocycles. The Morgan fingerprint density at radius 3 is 2.87 bits per heavy atom. The van der Waals surface area contributed by atoms with Gasteiger partial charge in [0.15, 0.2) is 0 Å². The third-order valence-electron chi connectivity index (χ3n) is 3.94. The van der Waals surface area contributed by atoms with Gasteiger partial charge in [0.2, 0.25) is 5.91 Å². The van der Waals surface area contributed by atoms with Gasteiger partial charge in [-0.3, -0.25) is 4.79 Å². The molecule has 2 rings (SSSR count). The molecule has 6 heteroatoms. The molecule has 2 N–H and O–H groups in total. The maximum atomic E-state index is 13.0. The lowest BCUT2D eigenvalue weighted by Crippen LogP contribution is -2.37. The standard InChI is InChI=1S/C17H25FN2O2.ClH/c1-13(12-22-16-4-2-3-15(18)11-16)20-17(21)6-5-14-7-9-19-10-8-14;/h2-4,11,13-14,19H,5-10,12H2,1H3,(H,20,21);1H.